The predicted octanol–water partition coefficient (Wildman–Crippen LogP) is 5.19. The lowest BCUT2D eigenvalue weighted by atomic mass is 9.97. The van der Waals surface area contributed by atoms with Gasteiger partial charge in [0.25, 0.3) is 5.91 Å². The SMILES string of the molecule is COc1ccc(/C=C(\C#N)C(=O)Nc2ccc(O)cc2)c(Cc2ccccc2Cl)c1. The number of nitrogens with zero attached hydrogens (tertiary/aromatic N) is 1. The van der Waals surface area contributed by atoms with Crippen LogP contribution in [0.25, 0.3) is 6.08 Å². The van der Waals surface area contributed by atoms with Gasteiger partial charge < -0.3 is 15.2 Å². The number of aromatic hydroxyl groups is 1. The fraction of sp³-hybridized carbons (Fsp3) is 0.0833. The molecular weight excluding hydrogens is 400 g/mol. The molecule has 3 aromatic carbocycles. The number of phenols is 1. The monoisotopic (exact) mass is 418 g/mol. The summed E-state index contributed by atoms with van der Waals surface area (Å²) in [5, 5.41) is 22.2. The summed E-state index contributed by atoms with van der Waals surface area (Å²) in [6, 6.07) is 20.9. The van der Waals surface area contributed by atoms with Crippen molar-refractivity contribution in [2.24, 2.45) is 0 Å². The molecule has 0 unspecified atom stereocenters. The first kappa shape index (κ1) is 21.0. The van der Waals surface area contributed by atoms with E-state index >= 15 is 0 Å². The highest BCUT2D eigenvalue weighted by Crippen LogP contribution is 2.26. The molecule has 0 saturated heterocycles. The first-order valence-electron chi connectivity index (χ1n) is 9.12. The number of benzene rings is 3. The molecule has 30 heavy (non-hydrogen) atoms. The van der Waals surface area contributed by atoms with E-state index in [1.54, 1.807) is 37.5 Å². The van der Waals surface area contributed by atoms with Crippen molar-refractivity contribution in [1.82, 2.24) is 0 Å². The molecule has 3 aromatic rings. The molecule has 0 saturated carbocycles. The zero-order chi connectivity index (χ0) is 21.5. The summed E-state index contributed by atoms with van der Waals surface area (Å²) >= 11 is 6.30. The molecule has 0 fully saturated rings. The van der Waals surface area contributed by atoms with Gasteiger partial charge in [0, 0.05) is 10.7 Å². The van der Waals surface area contributed by atoms with Gasteiger partial charge in [-0.2, -0.15) is 5.26 Å². The maximum Gasteiger partial charge on any atom is 0.266 e. The van der Waals surface area contributed by atoms with Crippen molar-refractivity contribution in [3.05, 3.63) is 94.0 Å². The van der Waals surface area contributed by atoms with Crippen LogP contribution < -0.4 is 10.1 Å². The van der Waals surface area contributed by atoms with Crippen LogP contribution in [0.1, 0.15) is 16.7 Å². The molecule has 1 amide bonds. The van der Waals surface area contributed by atoms with E-state index < -0.39 is 5.91 Å². The molecule has 0 atom stereocenters. The fourth-order valence-corrected chi connectivity index (χ4v) is 3.10. The Morgan fingerprint density at radius 1 is 1.13 bits per heavy atom. The summed E-state index contributed by atoms with van der Waals surface area (Å²) in [5.74, 6) is 0.218. The second-order valence-corrected chi connectivity index (χ2v) is 6.91. The van der Waals surface area contributed by atoms with Crippen molar-refractivity contribution < 1.29 is 14.6 Å². The van der Waals surface area contributed by atoms with Gasteiger partial charge in [0.2, 0.25) is 0 Å². The zero-order valence-electron chi connectivity index (χ0n) is 16.2. The maximum atomic E-state index is 12.6. The summed E-state index contributed by atoms with van der Waals surface area (Å²) in [4.78, 5) is 12.6. The Morgan fingerprint density at radius 2 is 1.87 bits per heavy atom. The summed E-state index contributed by atoms with van der Waals surface area (Å²) in [6.45, 7) is 0. The van der Waals surface area contributed by atoms with Crippen LogP contribution in [0.3, 0.4) is 0 Å². The predicted molar refractivity (Wildman–Crippen MR) is 118 cm³/mol. The van der Waals surface area contributed by atoms with Crippen LogP contribution in [0.15, 0.2) is 72.3 Å². The van der Waals surface area contributed by atoms with Gasteiger partial charge in [0.05, 0.1) is 7.11 Å². The molecule has 0 aromatic heterocycles. The summed E-state index contributed by atoms with van der Waals surface area (Å²) in [7, 11) is 1.58. The second-order valence-electron chi connectivity index (χ2n) is 6.50. The highest BCUT2D eigenvalue weighted by Gasteiger charge is 2.13. The molecule has 0 aliphatic heterocycles. The minimum Gasteiger partial charge on any atom is -0.508 e. The average molecular weight is 419 g/mol. The number of carbonyl (C=O) groups excluding carboxylic acids is 1. The van der Waals surface area contributed by atoms with E-state index in [1.165, 1.54) is 12.1 Å². The topological polar surface area (TPSA) is 82.3 Å². The molecule has 6 heteroatoms. The Labute approximate surface area is 179 Å². The molecule has 0 spiro atoms. The Bertz CT molecular complexity index is 1130. The number of methoxy groups -OCH3 is 1. The normalized spacial score (nSPS) is 10.9. The first-order valence-corrected chi connectivity index (χ1v) is 9.50. The molecule has 150 valence electrons. The third kappa shape index (κ3) is 5.19. The summed E-state index contributed by atoms with van der Waals surface area (Å²) < 4.78 is 5.33. The van der Waals surface area contributed by atoms with Gasteiger partial charge in [-0.1, -0.05) is 35.9 Å². The van der Waals surface area contributed by atoms with Gasteiger partial charge in [-0.3, -0.25) is 4.79 Å². The van der Waals surface area contributed by atoms with E-state index in [-0.39, 0.29) is 11.3 Å². The molecule has 5 nitrogen and oxygen atoms in total. The number of anilines is 1. The van der Waals surface area contributed by atoms with Crippen LogP contribution >= 0.6 is 11.6 Å². The van der Waals surface area contributed by atoms with Crippen molar-refractivity contribution in [2.75, 3.05) is 12.4 Å². The Hall–Kier alpha value is -3.75. The van der Waals surface area contributed by atoms with Gasteiger partial charge in [0.1, 0.15) is 23.1 Å². The maximum absolute atomic E-state index is 12.6. The van der Waals surface area contributed by atoms with Crippen molar-refractivity contribution in [2.45, 2.75) is 6.42 Å². The van der Waals surface area contributed by atoms with Crippen molar-refractivity contribution >= 4 is 29.3 Å². The molecule has 0 bridgehead atoms. The van der Waals surface area contributed by atoms with Crippen LogP contribution in [-0.4, -0.2) is 18.1 Å². The number of nitriles is 1. The van der Waals surface area contributed by atoms with E-state index in [9.17, 15) is 15.2 Å². The number of ether oxygens (including phenoxy) is 1. The van der Waals surface area contributed by atoms with E-state index in [0.717, 1.165) is 11.1 Å². The third-order valence-corrected chi connectivity index (χ3v) is 4.85. The molecule has 0 heterocycles. The number of hydrogen-bond acceptors (Lipinski definition) is 4. The number of phenolic OH excluding ortho intramolecular Hbond substituents is 1. The number of rotatable bonds is 6. The van der Waals surface area contributed by atoms with Gasteiger partial charge in [-0.25, -0.2) is 0 Å². The standard InChI is InChI=1S/C24H19ClN2O3/c1-30-22-11-6-16(18(14-22)13-17-4-2-3-5-23(17)25)12-19(15-26)24(29)27-20-7-9-21(28)10-8-20/h2-12,14,28H,13H2,1H3,(H,27,29)/b19-12+. The first-order chi connectivity index (χ1) is 14.5. The molecule has 0 aliphatic rings. The smallest absolute Gasteiger partial charge is 0.266 e. The second kappa shape index (κ2) is 9.64. The number of halogens is 1. The molecular formula is C24H19ClN2O3. The lowest BCUT2D eigenvalue weighted by Gasteiger charge is -2.11. The van der Waals surface area contributed by atoms with Crippen molar-refractivity contribution in [3.63, 3.8) is 0 Å². The number of hydrogen-bond donors (Lipinski definition) is 2. The number of amides is 1. The van der Waals surface area contributed by atoms with Gasteiger partial charge in [-0.15, -0.1) is 0 Å². The minimum absolute atomic E-state index is 0.0475. The van der Waals surface area contributed by atoms with E-state index in [4.69, 9.17) is 16.3 Å². The largest absolute Gasteiger partial charge is 0.508 e. The Morgan fingerprint density at radius 3 is 2.53 bits per heavy atom. The molecule has 0 radical (unpaired) electrons. The van der Waals surface area contributed by atoms with E-state index in [0.29, 0.717) is 28.4 Å². The highest BCUT2D eigenvalue weighted by molar-refractivity contribution is 6.31. The van der Waals surface area contributed by atoms with E-state index in [1.807, 2.05) is 36.4 Å². The summed E-state index contributed by atoms with van der Waals surface area (Å²) in [6.07, 6.45) is 2.06. The van der Waals surface area contributed by atoms with Crippen molar-refractivity contribution in [1.29, 1.82) is 5.26 Å². The Balaban J connectivity index is 1.93. The number of nitrogens with one attached hydrogen (secondary N) is 1. The fourth-order valence-electron chi connectivity index (χ4n) is 2.90. The third-order valence-electron chi connectivity index (χ3n) is 4.48. The van der Waals surface area contributed by atoms with Gasteiger partial charge >= 0.3 is 0 Å². The summed E-state index contributed by atoms with van der Waals surface area (Å²) in [5.41, 5.74) is 2.94. The van der Waals surface area contributed by atoms with Crippen LogP contribution in [0.5, 0.6) is 11.5 Å². The highest BCUT2D eigenvalue weighted by atomic mass is 35.5. The van der Waals surface area contributed by atoms with E-state index in [2.05, 4.69) is 5.32 Å². The average Bonchev–Trinajstić information content (AvgIpc) is 2.75. The molecule has 3 rings (SSSR count). The number of carbonyl (C=O) groups is 1. The van der Waals surface area contributed by atoms with Crippen molar-refractivity contribution in [3.8, 4) is 17.6 Å². The lowest BCUT2D eigenvalue weighted by Crippen LogP contribution is -2.13. The van der Waals surface area contributed by atoms with Gasteiger partial charge in [0.15, 0.2) is 0 Å². The minimum atomic E-state index is -0.539. The Kier molecular flexibility index (Phi) is 6.74. The zero-order valence-corrected chi connectivity index (χ0v) is 17.0. The van der Waals surface area contributed by atoms with Crippen LogP contribution in [0, 0.1) is 11.3 Å². The quantitative estimate of drug-likeness (QED) is 0.328. The van der Waals surface area contributed by atoms with Gasteiger partial charge in [-0.05, 0) is 71.7 Å². The van der Waals surface area contributed by atoms with Crippen LogP contribution in [-0.2, 0) is 11.2 Å². The molecule has 2 N–H and O–H groups in total. The molecule has 0 aliphatic carbocycles. The van der Waals surface area contributed by atoms with Crippen LogP contribution in [0.4, 0.5) is 5.69 Å². The van der Waals surface area contributed by atoms with Crippen LogP contribution in [0.2, 0.25) is 5.02 Å². The lowest BCUT2D eigenvalue weighted by molar-refractivity contribution is -0.112.